The summed E-state index contributed by atoms with van der Waals surface area (Å²) in [5.41, 5.74) is 2.60. The van der Waals surface area contributed by atoms with Crippen molar-refractivity contribution in [2.24, 2.45) is 0 Å². The van der Waals surface area contributed by atoms with E-state index >= 15 is 0 Å². The first-order valence-electron chi connectivity index (χ1n) is 4.97. The fourth-order valence-electron chi connectivity index (χ4n) is 1.67. The van der Waals surface area contributed by atoms with Crippen LogP contribution in [0.3, 0.4) is 0 Å². The molecule has 18 heavy (non-hydrogen) atoms. The molecule has 0 aromatic heterocycles. The van der Waals surface area contributed by atoms with Gasteiger partial charge in [-0.3, -0.25) is 10.7 Å². The first-order chi connectivity index (χ1) is 8.29. The third-order valence-electron chi connectivity index (χ3n) is 2.46. The Morgan fingerprint density at radius 3 is 2.67 bits per heavy atom. The molecule has 0 atom stereocenters. The molecule has 0 aliphatic carbocycles. The lowest BCUT2D eigenvalue weighted by Crippen LogP contribution is -2.00. The van der Waals surface area contributed by atoms with E-state index in [9.17, 15) is 0 Å². The largest absolute Gasteiger partial charge is 0.455 e. The SMILES string of the molecule is Cl.ONc1c(Cl)ccc2c1Sc1ccccc1O2. The van der Waals surface area contributed by atoms with Crippen molar-refractivity contribution in [2.45, 2.75) is 9.79 Å². The first-order valence-corrected chi connectivity index (χ1v) is 6.16. The second-order valence-electron chi connectivity index (χ2n) is 3.51. The minimum absolute atomic E-state index is 0. The number of anilines is 1. The molecule has 0 fully saturated rings. The molecule has 0 amide bonds. The molecule has 2 N–H and O–H groups in total. The number of nitrogens with one attached hydrogen (secondary N) is 1. The normalized spacial score (nSPS) is 11.7. The molecule has 3 nitrogen and oxygen atoms in total. The maximum absolute atomic E-state index is 9.12. The van der Waals surface area contributed by atoms with Gasteiger partial charge in [-0.15, -0.1) is 12.4 Å². The molecule has 0 saturated heterocycles. The summed E-state index contributed by atoms with van der Waals surface area (Å²) in [6, 6.07) is 11.2. The van der Waals surface area contributed by atoms with Crippen LogP contribution in [0.2, 0.25) is 5.02 Å². The van der Waals surface area contributed by atoms with E-state index in [1.54, 1.807) is 12.1 Å². The van der Waals surface area contributed by atoms with Gasteiger partial charge in [-0.05, 0) is 24.3 Å². The van der Waals surface area contributed by atoms with E-state index in [1.165, 1.54) is 11.8 Å². The smallest absolute Gasteiger partial charge is 0.143 e. The highest BCUT2D eigenvalue weighted by molar-refractivity contribution is 7.99. The molecule has 0 spiro atoms. The van der Waals surface area contributed by atoms with Crippen LogP contribution in [0.5, 0.6) is 11.5 Å². The average molecular weight is 302 g/mol. The fourth-order valence-corrected chi connectivity index (χ4v) is 2.97. The molecule has 1 heterocycles. The van der Waals surface area contributed by atoms with Crippen LogP contribution in [-0.2, 0) is 0 Å². The highest BCUT2D eigenvalue weighted by Crippen LogP contribution is 2.51. The zero-order valence-electron chi connectivity index (χ0n) is 9.01. The lowest BCUT2D eigenvalue weighted by atomic mass is 10.3. The first kappa shape index (κ1) is 13.4. The monoisotopic (exact) mass is 301 g/mol. The quantitative estimate of drug-likeness (QED) is 0.632. The van der Waals surface area contributed by atoms with Gasteiger partial charge in [0.25, 0.3) is 0 Å². The van der Waals surface area contributed by atoms with Gasteiger partial charge in [0.1, 0.15) is 11.5 Å². The van der Waals surface area contributed by atoms with Crippen LogP contribution in [0.25, 0.3) is 0 Å². The summed E-state index contributed by atoms with van der Waals surface area (Å²) in [6.45, 7) is 0. The van der Waals surface area contributed by atoms with Crippen molar-refractivity contribution >= 4 is 41.5 Å². The van der Waals surface area contributed by atoms with Gasteiger partial charge in [0.2, 0.25) is 0 Å². The van der Waals surface area contributed by atoms with Crippen LogP contribution in [0, 0.1) is 0 Å². The Morgan fingerprint density at radius 1 is 1.11 bits per heavy atom. The lowest BCUT2D eigenvalue weighted by Gasteiger charge is -2.21. The van der Waals surface area contributed by atoms with Crippen molar-refractivity contribution in [1.82, 2.24) is 0 Å². The Balaban J connectivity index is 0.00000120. The number of hydrogen-bond donors (Lipinski definition) is 2. The number of para-hydroxylation sites is 1. The minimum Gasteiger partial charge on any atom is -0.455 e. The number of ether oxygens (including phenoxy) is 1. The molecule has 3 rings (SSSR count). The maximum Gasteiger partial charge on any atom is 0.143 e. The Bertz CT molecular complexity index is 592. The van der Waals surface area contributed by atoms with E-state index in [0.717, 1.165) is 15.5 Å². The van der Waals surface area contributed by atoms with Gasteiger partial charge in [0.05, 0.1) is 20.5 Å². The molecule has 6 heteroatoms. The third kappa shape index (κ3) is 2.12. The molecule has 2 aromatic rings. The Morgan fingerprint density at radius 2 is 1.89 bits per heavy atom. The molecule has 0 saturated carbocycles. The van der Waals surface area contributed by atoms with Crippen molar-refractivity contribution in [3.05, 3.63) is 41.4 Å². The summed E-state index contributed by atoms with van der Waals surface area (Å²) in [5.74, 6) is 1.51. The molecule has 0 radical (unpaired) electrons. The number of hydrogen-bond acceptors (Lipinski definition) is 4. The molecule has 2 aromatic carbocycles. The van der Waals surface area contributed by atoms with Gasteiger partial charge < -0.3 is 4.74 Å². The van der Waals surface area contributed by atoms with E-state index in [1.807, 2.05) is 24.3 Å². The number of rotatable bonds is 1. The van der Waals surface area contributed by atoms with Gasteiger partial charge in [-0.1, -0.05) is 35.5 Å². The third-order valence-corrected chi connectivity index (χ3v) is 3.95. The molecule has 0 unspecified atom stereocenters. The van der Waals surface area contributed by atoms with Gasteiger partial charge in [-0.2, -0.15) is 0 Å². The van der Waals surface area contributed by atoms with E-state index < -0.39 is 0 Å². The zero-order chi connectivity index (χ0) is 11.8. The van der Waals surface area contributed by atoms with E-state index in [0.29, 0.717) is 16.5 Å². The predicted molar refractivity (Wildman–Crippen MR) is 74.7 cm³/mol. The van der Waals surface area contributed by atoms with E-state index in [-0.39, 0.29) is 12.4 Å². The molecular weight excluding hydrogens is 293 g/mol. The second kappa shape index (κ2) is 5.28. The van der Waals surface area contributed by atoms with Crippen LogP contribution in [-0.4, -0.2) is 5.21 Å². The Kier molecular flexibility index (Phi) is 3.92. The average Bonchev–Trinajstić information content (AvgIpc) is 2.36. The molecule has 94 valence electrons. The number of fused-ring (bicyclic) bond motifs is 2. The maximum atomic E-state index is 9.12. The second-order valence-corrected chi connectivity index (χ2v) is 4.97. The van der Waals surface area contributed by atoms with Crippen molar-refractivity contribution in [1.29, 1.82) is 0 Å². The van der Waals surface area contributed by atoms with Gasteiger partial charge in [-0.25, -0.2) is 0 Å². The molecule has 1 aliphatic heterocycles. The van der Waals surface area contributed by atoms with Gasteiger partial charge >= 0.3 is 0 Å². The van der Waals surface area contributed by atoms with Crippen molar-refractivity contribution in [2.75, 3.05) is 5.48 Å². The lowest BCUT2D eigenvalue weighted by molar-refractivity contribution is 0.384. The van der Waals surface area contributed by atoms with Crippen molar-refractivity contribution in [3.63, 3.8) is 0 Å². The van der Waals surface area contributed by atoms with Crippen LogP contribution in [0.4, 0.5) is 5.69 Å². The Hall–Kier alpha value is -1.07. The molecule has 0 bridgehead atoms. The molecular formula is C12H9Cl2NO2S. The highest BCUT2D eigenvalue weighted by Gasteiger charge is 2.21. The van der Waals surface area contributed by atoms with Crippen molar-refractivity contribution < 1.29 is 9.94 Å². The Labute approximate surface area is 119 Å². The van der Waals surface area contributed by atoms with Crippen LogP contribution in [0.1, 0.15) is 0 Å². The fraction of sp³-hybridized carbons (Fsp3) is 0. The van der Waals surface area contributed by atoms with E-state index in [4.69, 9.17) is 21.5 Å². The number of benzene rings is 2. The van der Waals surface area contributed by atoms with Gasteiger partial charge in [0.15, 0.2) is 0 Å². The number of halogens is 2. The van der Waals surface area contributed by atoms with Crippen LogP contribution >= 0.6 is 35.8 Å². The summed E-state index contributed by atoms with van der Waals surface area (Å²) in [6.07, 6.45) is 0. The summed E-state index contributed by atoms with van der Waals surface area (Å²) >= 11 is 7.51. The topological polar surface area (TPSA) is 41.5 Å². The predicted octanol–water partition coefficient (Wildman–Crippen LogP) is 4.82. The summed E-state index contributed by atoms with van der Waals surface area (Å²) in [7, 11) is 0. The van der Waals surface area contributed by atoms with Gasteiger partial charge in [0, 0.05) is 0 Å². The van der Waals surface area contributed by atoms with Crippen LogP contribution in [0.15, 0.2) is 46.2 Å². The van der Waals surface area contributed by atoms with E-state index in [2.05, 4.69) is 5.48 Å². The summed E-state index contributed by atoms with van der Waals surface area (Å²) in [5, 5.41) is 9.58. The van der Waals surface area contributed by atoms with Crippen molar-refractivity contribution in [3.8, 4) is 11.5 Å². The summed E-state index contributed by atoms with van der Waals surface area (Å²) in [4.78, 5) is 1.79. The molecule has 1 aliphatic rings. The van der Waals surface area contributed by atoms with Crippen LogP contribution < -0.4 is 10.2 Å². The zero-order valence-corrected chi connectivity index (χ0v) is 11.4. The standard InChI is InChI=1S/C12H8ClNO2S.ClH/c13-7-5-6-9-12(11(7)14-15)17-10-4-2-1-3-8(10)16-9;/h1-6,14-15H;1H. The highest BCUT2D eigenvalue weighted by atomic mass is 35.5. The summed E-state index contributed by atoms with van der Waals surface area (Å²) < 4.78 is 5.74. The minimum atomic E-state index is 0.